The molecule has 0 aromatic heterocycles. The summed E-state index contributed by atoms with van der Waals surface area (Å²) in [5.74, 6) is 0.766. The quantitative estimate of drug-likeness (QED) is 0.885. The zero-order valence-electron chi connectivity index (χ0n) is 15.3. The van der Waals surface area contributed by atoms with Gasteiger partial charge in [0.15, 0.2) is 0 Å². The molecular weight excluding hydrogens is 344 g/mol. The van der Waals surface area contributed by atoms with E-state index in [1.165, 1.54) is 29.7 Å². The van der Waals surface area contributed by atoms with Crippen LogP contribution in [0.2, 0.25) is 0 Å². The Labute approximate surface area is 160 Å². The zero-order valence-corrected chi connectivity index (χ0v) is 16.1. The maximum atomic E-state index is 12.7. The van der Waals surface area contributed by atoms with Crippen molar-refractivity contribution in [1.82, 2.24) is 10.2 Å². The van der Waals surface area contributed by atoms with E-state index in [2.05, 4.69) is 17.4 Å². The lowest BCUT2D eigenvalue weighted by Gasteiger charge is -2.35. The van der Waals surface area contributed by atoms with Gasteiger partial charge in [0, 0.05) is 29.9 Å². The highest BCUT2D eigenvalue weighted by atomic mass is 32.2. The number of piperidine rings is 1. The van der Waals surface area contributed by atoms with Gasteiger partial charge in [-0.15, -0.1) is 11.8 Å². The first kappa shape index (κ1) is 17.9. The topological polar surface area (TPSA) is 49.4 Å². The molecule has 1 saturated heterocycles. The van der Waals surface area contributed by atoms with Crippen LogP contribution in [0.5, 0.6) is 0 Å². The molecule has 2 aliphatic heterocycles. The highest BCUT2D eigenvalue weighted by molar-refractivity contribution is 8.01. The van der Waals surface area contributed by atoms with Gasteiger partial charge in [-0.2, -0.15) is 0 Å². The number of thioether (sulfide) groups is 1. The van der Waals surface area contributed by atoms with Gasteiger partial charge < -0.3 is 10.2 Å². The summed E-state index contributed by atoms with van der Waals surface area (Å²) >= 11 is 1.68. The van der Waals surface area contributed by atoms with Crippen molar-refractivity contribution in [3.05, 3.63) is 29.8 Å². The predicted octanol–water partition coefficient (Wildman–Crippen LogP) is 3.39. The largest absolute Gasteiger partial charge is 0.352 e. The first-order valence-corrected chi connectivity index (χ1v) is 10.9. The van der Waals surface area contributed by atoms with Crippen molar-refractivity contribution in [2.45, 2.75) is 67.6 Å². The molecule has 4 nitrogen and oxygen atoms in total. The summed E-state index contributed by atoms with van der Waals surface area (Å²) in [5.41, 5.74) is 1.28. The Morgan fingerprint density at radius 1 is 1.00 bits per heavy atom. The highest BCUT2D eigenvalue weighted by Crippen LogP contribution is 2.37. The van der Waals surface area contributed by atoms with Gasteiger partial charge in [0.1, 0.15) is 0 Å². The number of hydrogen-bond acceptors (Lipinski definition) is 3. The number of benzene rings is 1. The monoisotopic (exact) mass is 372 g/mol. The van der Waals surface area contributed by atoms with Crippen LogP contribution in [0.3, 0.4) is 0 Å². The normalized spacial score (nSPS) is 24.3. The van der Waals surface area contributed by atoms with E-state index in [-0.39, 0.29) is 23.1 Å². The number of fused-ring (bicyclic) bond motifs is 1. The number of nitrogens with zero attached hydrogens (tertiary/aromatic N) is 1. The van der Waals surface area contributed by atoms with Crippen molar-refractivity contribution >= 4 is 23.6 Å². The Morgan fingerprint density at radius 2 is 1.73 bits per heavy atom. The van der Waals surface area contributed by atoms with E-state index in [0.717, 1.165) is 45.2 Å². The van der Waals surface area contributed by atoms with Crippen LogP contribution in [0.1, 0.15) is 50.5 Å². The summed E-state index contributed by atoms with van der Waals surface area (Å²) in [5, 5.41) is 3.23. The number of carbonyl (C=O) groups excluding carboxylic acids is 2. The fourth-order valence-corrected chi connectivity index (χ4v) is 5.68. The summed E-state index contributed by atoms with van der Waals surface area (Å²) in [6.45, 7) is 1.58. The molecular formula is C21H28N2O2S. The first-order valence-electron chi connectivity index (χ1n) is 10.0. The lowest BCUT2D eigenvalue weighted by Crippen LogP contribution is -2.49. The number of likely N-dealkylation sites (tertiary alicyclic amines) is 1. The number of nitrogens with one attached hydrogen (secondary N) is 1. The molecule has 0 bridgehead atoms. The molecule has 1 aliphatic carbocycles. The summed E-state index contributed by atoms with van der Waals surface area (Å²) in [7, 11) is 0. The second-order valence-corrected chi connectivity index (χ2v) is 9.11. The van der Waals surface area contributed by atoms with Crippen molar-refractivity contribution < 1.29 is 9.59 Å². The molecule has 2 heterocycles. The molecule has 2 fully saturated rings. The van der Waals surface area contributed by atoms with E-state index in [0.29, 0.717) is 5.91 Å². The second kappa shape index (κ2) is 8.03. The molecule has 1 atom stereocenters. The third-order valence-electron chi connectivity index (χ3n) is 6.05. The van der Waals surface area contributed by atoms with Crippen LogP contribution in [0.4, 0.5) is 0 Å². The van der Waals surface area contributed by atoms with Crippen LogP contribution < -0.4 is 5.32 Å². The molecule has 1 unspecified atom stereocenters. The molecule has 4 rings (SSSR count). The molecule has 2 amide bonds. The third-order valence-corrected chi connectivity index (χ3v) is 7.36. The van der Waals surface area contributed by atoms with Gasteiger partial charge >= 0.3 is 0 Å². The minimum Gasteiger partial charge on any atom is -0.352 e. The third kappa shape index (κ3) is 3.93. The van der Waals surface area contributed by atoms with Gasteiger partial charge in [0.25, 0.3) is 0 Å². The lowest BCUT2D eigenvalue weighted by atomic mass is 9.87. The van der Waals surface area contributed by atoms with Crippen molar-refractivity contribution in [3.63, 3.8) is 0 Å². The maximum absolute atomic E-state index is 12.7. The summed E-state index contributed by atoms with van der Waals surface area (Å²) < 4.78 is 0. The SMILES string of the molecule is O=C(NC1CCN(C(=O)C2CCCCC2)CC1)C1Cc2ccccc2S1. The number of carbonyl (C=O) groups is 2. The average Bonchev–Trinajstić information content (AvgIpc) is 3.13. The molecule has 26 heavy (non-hydrogen) atoms. The van der Waals surface area contributed by atoms with E-state index < -0.39 is 0 Å². The van der Waals surface area contributed by atoms with E-state index in [9.17, 15) is 9.59 Å². The van der Waals surface area contributed by atoms with Crippen LogP contribution in [0, 0.1) is 5.92 Å². The van der Waals surface area contributed by atoms with E-state index in [1.54, 1.807) is 11.8 Å². The number of rotatable bonds is 3. The van der Waals surface area contributed by atoms with Gasteiger partial charge in [-0.05, 0) is 43.7 Å². The van der Waals surface area contributed by atoms with Crippen molar-refractivity contribution in [1.29, 1.82) is 0 Å². The Bertz CT molecular complexity index is 639. The molecule has 140 valence electrons. The molecule has 1 saturated carbocycles. The molecule has 0 spiro atoms. The van der Waals surface area contributed by atoms with Crippen LogP contribution in [0.15, 0.2) is 29.2 Å². The van der Waals surface area contributed by atoms with Crippen LogP contribution in [-0.2, 0) is 16.0 Å². The van der Waals surface area contributed by atoms with E-state index in [1.807, 2.05) is 17.0 Å². The number of amides is 2. The smallest absolute Gasteiger partial charge is 0.234 e. The van der Waals surface area contributed by atoms with Gasteiger partial charge in [0.2, 0.25) is 11.8 Å². The Kier molecular flexibility index (Phi) is 5.53. The van der Waals surface area contributed by atoms with Crippen molar-refractivity contribution in [2.75, 3.05) is 13.1 Å². The van der Waals surface area contributed by atoms with Gasteiger partial charge in [0.05, 0.1) is 5.25 Å². The molecule has 5 heteroatoms. The zero-order chi connectivity index (χ0) is 17.9. The Hall–Kier alpha value is -1.49. The summed E-state index contributed by atoms with van der Waals surface area (Å²) in [6.07, 6.45) is 8.40. The van der Waals surface area contributed by atoms with Crippen molar-refractivity contribution in [2.24, 2.45) is 5.92 Å². The van der Waals surface area contributed by atoms with Crippen LogP contribution in [0.25, 0.3) is 0 Å². The van der Waals surface area contributed by atoms with E-state index >= 15 is 0 Å². The van der Waals surface area contributed by atoms with Gasteiger partial charge in [-0.25, -0.2) is 0 Å². The standard InChI is InChI=1S/C21H28N2O2S/c24-20(19-14-16-8-4-5-9-18(16)26-19)22-17-10-12-23(13-11-17)21(25)15-6-2-1-3-7-15/h4-5,8-9,15,17,19H,1-3,6-7,10-14H2,(H,22,24). The number of hydrogen-bond donors (Lipinski definition) is 1. The summed E-state index contributed by atoms with van der Waals surface area (Å²) in [6, 6.07) is 8.50. The summed E-state index contributed by atoms with van der Waals surface area (Å²) in [4.78, 5) is 28.6. The maximum Gasteiger partial charge on any atom is 0.234 e. The van der Waals surface area contributed by atoms with Gasteiger partial charge in [-0.1, -0.05) is 37.5 Å². The molecule has 1 aromatic rings. The lowest BCUT2D eigenvalue weighted by molar-refractivity contribution is -0.137. The fraction of sp³-hybridized carbons (Fsp3) is 0.619. The molecule has 1 N–H and O–H groups in total. The van der Waals surface area contributed by atoms with E-state index in [4.69, 9.17) is 0 Å². The predicted molar refractivity (Wildman–Crippen MR) is 104 cm³/mol. The average molecular weight is 373 g/mol. The van der Waals surface area contributed by atoms with Crippen LogP contribution >= 0.6 is 11.8 Å². The Morgan fingerprint density at radius 3 is 2.46 bits per heavy atom. The minimum absolute atomic E-state index is 0.00528. The highest BCUT2D eigenvalue weighted by Gasteiger charge is 2.32. The fourth-order valence-electron chi connectivity index (χ4n) is 4.47. The van der Waals surface area contributed by atoms with Crippen LogP contribution in [-0.4, -0.2) is 41.1 Å². The minimum atomic E-state index is -0.00528. The molecule has 0 radical (unpaired) electrons. The van der Waals surface area contributed by atoms with Crippen molar-refractivity contribution in [3.8, 4) is 0 Å². The molecule has 3 aliphatic rings. The van der Waals surface area contributed by atoms with Gasteiger partial charge in [-0.3, -0.25) is 9.59 Å². The molecule has 1 aromatic carbocycles. The first-order chi connectivity index (χ1) is 12.7. The second-order valence-electron chi connectivity index (χ2n) is 7.86. The Balaban J connectivity index is 1.24.